The highest BCUT2D eigenvalue weighted by Gasteiger charge is 2.27. The third kappa shape index (κ3) is 10.3. The van der Waals surface area contributed by atoms with Crippen molar-refractivity contribution in [2.24, 2.45) is 11.7 Å². The highest BCUT2D eigenvalue weighted by Crippen LogP contribution is 2.23. The first-order valence-corrected chi connectivity index (χ1v) is 13.6. The summed E-state index contributed by atoms with van der Waals surface area (Å²) in [6.45, 7) is 3.14. The SMILES string of the molecule is CC(C)[C@H](NC(=O)c1ccc([N+](C)(C)C)c(C#N)c1)C(=O)NCCC(=O)N[C@@H](Cc1ccccc1)C(=O)NCC(N)=O. The first kappa shape index (κ1) is 33.4. The number of primary amides is 1. The van der Waals surface area contributed by atoms with Crippen molar-refractivity contribution in [2.45, 2.75) is 38.8 Å². The number of carbonyl (C=O) groups excluding carboxylic acids is 5. The molecular weight excluding hydrogens is 538 g/mol. The molecule has 0 saturated heterocycles. The summed E-state index contributed by atoms with van der Waals surface area (Å²) in [4.78, 5) is 62.3. The Hall–Kier alpha value is -4.76. The summed E-state index contributed by atoms with van der Waals surface area (Å²) in [6.07, 6.45) is 0.0607. The Morgan fingerprint density at radius 1 is 0.929 bits per heavy atom. The van der Waals surface area contributed by atoms with Gasteiger partial charge in [0.05, 0.1) is 27.7 Å². The minimum absolute atomic E-state index is 0.0402. The maximum absolute atomic E-state index is 13.0. The van der Waals surface area contributed by atoms with Crippen LogP contribution >= 0.6 is 0 Å². The van der Waals surface area contributed by atoms with Gasteiger partial charge in [0.15, 0.2) is 0 Å². The van der Waals surface area contributed by atoms with E-state index in [4.69, 9.17) is 5.73 Å². The van der Waals surface area contributed by atoms with Gasteiger partial charge in [-0.3, -0.25) is 28.5 Å². The van der Waals surface area contributed by atoms with Gasteiger partial charge in [0.25, 0.3) is 5.91 Å². The zero-order valence-corrected chi connectivity index (χ0v) is 24.7. The van der Waals surface area contributed by atoms with Gasteiger partial charge in [-0.2, -0.15) is 5.26 Å². The average molecular weight is 579 g/mol. The zero-order valence-electron chi connectivity index (χ0n) is 24.7. The van der Waals surface area contributed by atoms with Crippen LogP contribution in [0.15, 0.2) is 48.5 Å². The van der Waals surface area contributed by atoms with E-state index in [2.05, 4.69) is 27.3 Å². The number of carbonyl (C=O) groups is 5. The number of benzene rings is 2. The van der Waals surface area contributed by atoms with Gasteiger partial charge in [-0.05, 0) is 23.6 Å². The molecule has 0 aliphatic rings. The van der Waals surface area contributed by atoms with Crippen LogP contribution in [0.3, 0.4) is 0 Å². The molecule has 2 aromatic rings. The van der Waals surface area contributed by atoms with E-state index in [0.717, 1.165) is 11.3 Å². The third-order valence-corrected chi connectivity index (χ3v) is 6.36. The second-order valence-corrected chi connectivity index (χ2v) is 11.1. The van der Waals surface area contributed by atoms with E-state index in [9.17, 15) is 29.2 Å². The molecule has 42 heavy (non-hydrogen) atoms. The molecule has 12 nitrogen and oxygen atoms in total. The lowest BCUT2D eigenvalue weighted by Crippen LogP contribution is -2.51. The maximum Gasteiger partial charge on any atom is 0.251 e. The van der Waals surface area contributed by atoms with Crippen LogP contribution < -0.4 is 31.5 Å². The van der Waals surface area contributed by atoms with E-state index in [1.807, 2.05) is 27.2 Å². The molecule has 0 aliphatic heterocycles. The van der Waals surface area contributed by atoms with Gasteiger partial charge < -0.3 is 27.0 Å². The van der Waals surface area contributed by atoms with E-state index in [0.29, 0.717) is 10.0 Å². The average Bonchev–Trinajstić information content (AvgIpc) is 2.93. The van der Waals surface area contributed by atoms with Gasteiger partial charge in [-0.1, -0.05) is 44.2 Å². The smallest absolute Gasteiger partial charge is 0.251 e. The molecule has 2 atom stereocenters. The minimum atomic E-state index is -0.959. The number of quaternary nitrogens is 1. The summed E-state index contributed by atoms with van der Waals surface area (Å²) < 4.78 is 0.403. The molecule has 0 aromatic heterocycles. The number of nitriles is 1. The molecule has 0 radical (unpaired) electrons. The van der Waals surface area contributed by atoms with Crippen molar-refractivity contribution >= 4 is 35.2 Å². The summed E-state index contributed by atoms with van der Waals surface area (Å²) in [7, 11) is 5.74. The highest BCUT2D eigenvalue weighted by atomic mass is 16.2. The van der Waals surface area contributed by atoms with Crippen LogP contribution in [0.2, 0.25) is 0 Å². The first-order chi connectivity index (χ1) is 19.7. The number of nitrogens with two attached hydrogens (primary N) is 1. The predicted octanol–water partition coefficient (Wildman–Crippen LogP) is 0.345. The Kier molecular flexibility index (Phi) is 12.2. The van der Waals surface area contributed by atoms with Crippen LogP contribution in [0.1, 0.15) is 41.8 Å². The fourth-order valence-electron chi connectivity index (χ4n) is 4.14. The van der Waals surface area contributed by atoms with Crippen LogP contribution in [0.5, 0.6) is 0 Å². The Morgan fingerprint density at radius 3 is 2.17 bits per heavy atom. The molecule has 5 amide bonds. The van der Waals surface area contributed by atoms with Crippen molar-refractivity contribution in [2.75, 3.05) is 34.2 Å². The molecule has 0 fully saturated rings. The molecule has 0 spiro atoms. The summed E-state index contributed by atoms with van der Waals surface area (Å²) in [6, 6.07) is 14.1. The fourth-order valence-corrected chi connectivity index (χ4v) is 4.14. The molecule has 0 unspecified atom stereocenters. The van der Waals surface area contributed by atoms with Crippen molar-refractivity contribution in [3.8, 4) is 6.07 Å². The fraction of sp³-hybridized carbons (Fsp3) is 0.400. The molecule has 0 aliphatic carbocycles. The molecule has 6 N–H and O–H groups in total. The van der Waals surface area contributed by atoms with Crippen LogP contribution in [-0.2, 0) is 25.6 Å². The van der Waals surface area contributed by atoms with Crippen LogP contribution in [0, 0.1) is 17.2 Å². The molecule has 2 aromatic carbocycles. The van der Waals surface area contributed by atoms with E-state index < -0.39 is 41.6 Å². The Morgan fingerprint density at radius 2 is 1.60 bits per heavy atom. The van der Waals surface area contributed by atoms with Gasteiger partial charge in [-0.25, -0.2) is 0 Å². The molecule has 224 valence electrons. The molecule has 12 heteroatoms. The second kappa shape index (κ2) is 15.3. The number of hydrogen-bond acceptors (Lipinski definition) is 6. The monoisotopic (exact) mass is 578 g/mol. The topological polar surface area (TPSA) is 183 Å². The van der Waals surface area contributed by atoms with Crippen LogP contribution in [0.25, 0.3) is 0 Å². The summed E-state index contributed by atoms with van der Waals surface area (Å²) in [5, 5.41) is 20.0. The summed E-state index contributed by atoms with van der Waals surface area (Å²) in [5.74, 6) is -3.02. The number of amides is 5. The lowest BCUT2D eigenvalue weighted by Gasteiger charge is -2.25. The minimum Gasteiger partial charge on any atom is -0.368 e. The first-order valence-electron chi connectivity index (χ1n) is 13.6. The number of hydrogen-bond donors (Lipinski definition) is 5. The number of nitrogens with one attached hydrogen (secondary N) is 4. The molecular formula is C30H40N7O5+. The molecule has 2 rings (SSSR count). The quantitative estimate of drug-likeness (QED) is 0.201. The molecule has 0 bridgehead atoms. The zero-order chi connectivity index (χ0) is 31.4. The van der Waals surface area contributed by atoms with Crippen molar-refractivity contribution in [3.63, 3.8) is 0 Å². The Balaban J connectivity index is 2.00. The number of nitrogens with zero attached hydrogens (tertiary/aromatic N) is 2. The van der Waals surface area contributed by atoms with E-state index in [1.165, 1.54) is 6.07 Å². The van der Waals surface area contributed by atoms with Crippen molar-refractivity contribution in [1.82, 2.24) is 25.8 Å². The normalized spacial score (nSPS) is 12.4. The Labute approximate surface area is 246 Å². The van der Waals surface area contributed by atoms with Crippen LogP contribution in [0.4, 0.5) is 5.69 Å². The third-order valence-electron chi connectivity index (χ3n) is 6.36. The van der Waals surface area contributed by atoms with Crippen molar-refractivity contribution in [1.29, 1.82) is 5.26 Å². The van der Waals surface area contributed by atoms with Crippen molar-refractivity contribution < 1.29 is 24.0 Å². The summed E-state index contributed by atoms with van der Waals surface area (Å²) >= 11 is 0. The van der Waals surface area contributed by atoms with E-state index >= 15 is 0 Å². The van der Waals surface area contributed by atoms with Gasteiger partial charge in [0.1, 0.15) is 29.4 Å². The molecule has 0 heterocycles. The van der Waals surface area contributed by atoms with Gasteiger partial charge in [0, 0.05) is 31.0 Å². The van der Waals surface area contributed by atoms with E-state index in [1.54, 1.807) is 50.2 Å². The second-order valence-electron chi connectivity index (χ2n) is 11.1. The lowest BCUT2D eigenvalue weighted by atomic mass is 10.0. The summed E-state index contributed by atoms with van der Waals surface area (Å²) in [5.41, 5.74) is 7.28. The van der Waals surface area contributed by atoms with Crippen molar-refractivity contribution in [3.05, 3.63) is 65.2 Å². The molecule has 0 saturated carbocycles. The van der Waals surface area contributed by atoms with Gasteiger partial charge in [0.2, 0.25) is 23.6 Å². The van der Waals surface area contributed by atoms with E-state index in [-0.39, 0.29) is 37.4 Å². The Bertz CT molecular complexity index is 1330. The highest BCUT2D eigenvalue weighted by molar-refractivity contribution is 5.98. The maximum atomic E-state index is 13.0. The standard InChI is InChI=1S/C30H39N7O5/c1-19(2)27(36-28(40)21-11-12-24(37(3,4)5)22(16-21)17-31)30(42)33-14-13-26(39)35-23(29(41)34-18-25(32)38)15-20-9-7-6-8-10-20/h6-12,16,19,23,27H,13-15,18H2,1-5H3,(H5-,32,33,34,35,36,38,39,40,41,42)/p+1/t23-,27-/m0/s1. The van der Waals surface area contributed by atoms with Gasteiger partial charge in [-0.15, -0.1) is 0 Å². The largest absolute Gasteiger partial charge is 0.368 e. The lowest BCUT2D eigenvalue weighted by molar-refractivity contribution is -0.130. The number of rotatable bonds is 14. The van der Waals surface area contributed by atoms with Gasteiger partial charge >= 0.3 is 0 Å². The van der Waals surface area contributed by atoms with Crippen LogP contribution in [-0.4, -0.2) is 75.9 Å². The predicted molar refractivity (Wildman–Crippen MR) is 159 cm³/mol.